The van der Waals surface area contributed by atoms with E-state index in [2.05, 4.69) is 12.2 Å². The maximum absolute atomic E-state index is 10.8. The molecule has 0 fully saturated rings. The van der Waals surface area contributed by atoms with E-state index in [4.69, 9.17) is 0 Å². The van der Waals surface area contributed by atoms with Crippen LogP contribution in [0.4, 0.5) is 5.69 Å². The fraction of sp³-hybridized carbons (Fsp3) is 0.571. The lowest BCUT2D eigenvalue weighted by Gasteiger charge is -2.24. The Hall–Kier alpha value is -1.46. The third kappa shape index (κ3) is 4.61. The number of nitro benzene ring substituents is 1. The number of nitro groups is 1. The van der Waals surface area contributed by atoms with Crippen LogP contribution in [-0.2, 0) is 0 Å². The lowest BCUT2D eigenvalue weighted by atomic mass is 10.0. The molecule has 0 radical (unpaired) electrons. The molecule has 5 heteroatoms. The van der Waals surface area contributed by atoms with Gasteiger partial charge >= 0.3 is 0 Å². The zero-order valence-corrected chi connectivity index (χ0v) is 11.5. The van der Waals surface area contributed by atoms with Crippen LogP contribution in [0.25, 0.3) is 0 Å². The summed E-state index contributed by atoms with van der Waals surface area (Å²) in [5, 5.41) is 23.4. The predicted octanol–water partition coefficient (Wildman–Crippen LogP) is 2.80. The second-order valence-corrected chi connectivity index (χ2v) is 4.65. The van der Waals surface area contributed by atoms with Crippen molar-refractivity contribution in [3.63, 3.8) is 0 Å². The third-order valence-electron chi connectivity index (χ3n) is 3.21. The Morgan fingerprint density at radius 3 is 2.68 bits per heavy atom. The molecule has 2 N–H and O–H groups in total. The van der Waals surface area contributed by atoms with E-state index in [1.807, 2.05) is 13.0 Å². The molecule has 1 unspecified atom stereocenters. The van der Waals surface area contributed by atoms with Crippen LogP contribution >= 0.6 is 0 Å². The summed E-state index contributed by atoms with van der Waals surface area (Å²) in [4.78, 5) is 10.4. The van der Waals surface area contributed by atoms with Gasteiger partial charge in [-0.2, -0.15) is 0 Å². The van der Waals surface area contributed by atoms with Crippen LogP contribution in [0.2, 0.25) is 0 Å². The number of hydrogen-bond donors (Lipinski definition) is 2. The highest BCUT2D eigenvalue weighted by molar-refractivity contribution is 5.35. The average Bonchev–Trinajstić information content (AvgIpc) is 2.43. The first-order chi connectivity index (χ1) is 9.12. The molecular weight excluding hydrogens is 244 g/mol. The normalized spacial score (nSPS) is 14.1. The van der Waals surface area contributed by atoms with Crippen molar-refractivity contribution >= 4 is 5.69 Å². The fourth-order valence-corrected chi connectivity index (χ4v) is 2.07. The number of nitrogens with zero attached hydrogens (tertiary/aromatic N) is 1. The summed E-state index contributed by atoms with van der Waals surface area (Å²) < 4.78 is 0. The van der Waals surface area contributed by atoms with Gasteiger partial charge in [0.25, 0.3) is 5.69 Å². The van der Waals surface area contributed by atoms with Gasteiger partial charge < -0.3 is 10.4 Å². The van der Waals surface area contributed by atoms with Gasteiger partial charge in [-0.05, 0) is 18.4 Å². The van der Waals surface area contributed by atoms with Crippen LogP contribution in [0.3, 0.4) is 0 Å². The van der Waals surface area contributed by atoms with E-state index >= 15 is 0 Å². The molecule has 1 aromatic rings. The van der Waals surface area contributed by atoms with Crippen molar-refractivity contribution in [3.05, 3.63) is 39.9 Å². The topological polar surface area (TPSA) is 75.4 Å². The first kappa shape index (κ1) is 15.6. The molecule has 1 rings (SSSR count). The first-order valence-electron chi connectivity index (χ1n) is 6.73. The van der Waals surface area contributed by atoms with E-state index in [9.17, 15) is 15.2 Å². The van der Waals surface area contributed by atoms with Crippen LogP contribution < -0.4 is 5.32 Å². The third-order valence-corrected chi connectivity index (χ3v) is 3.21. The van der Waals surface area contributed by atoms with Crippen molar-refractivity contribution in [2.75, 3.05) is 6.61 Å². The molecule has 0 aliphatic heterocycles. The molecule has 2 atom stereocenters. The van der Waals surface area contributed by atoms with Crippen molar-refractivity contribution in [3.8, 4) is 0 Å². The smallest absolute Gasteiger partial charge is 0.269 e. The van der Waals surface area contributed by atoms with Gasteiger partial charge in [-0.15, -0.1) is 0 Å². The Morgan fingerprint density at radius 1 is 1.42 bits per heavy atom. The van der Waals surface area contributed by atoms with Crippen molar-refractivity contribution in [1.82, 2.24) is 5.32 Å². The molecule has 19 heavy (non-hydrogen) atoms. The summed E-state index contributed by atoms with van der Waals surface area (Å²) in [7, 11) is 0. The molecule has 0 bridgehead atoms. The zero-order chi connectivity index (χ0) is 14.3. The average molecular weight is 266 g/mol. The molecule has 5 nitrogen and oxygen atoms in total. The van der Waals surface area contributed by atoms with Gasteiger partial charge in [0.15, 0.2) is 0 Å². The zero-order valence-electron chi connectivity index (χ0n) is 11.5. The Labute approximate surface area is 113 Å². The van der Waals surface area contributed by atoms with Crippen molar-refractivity contribution in [2.24, 2.45) is 0 Å². The second kappa shape index (κ2) is 7.86. The number of rotatable bonds is 8. The summed E-state index contributed by atoms with van der Waals surface area (Å²) >= 11 is 0. The van der Waals surface area contributed by atoms with E-state index in [1.54, 1.807) is 12.1 Å². The van der Waals surface area contributed by atoms with Crippen molar-refractivity contribution in [2.45, 2.75) is 45.2 Å². The predicted molar refractivity (Wildman–Crippen MR) is 75.0 cm³/mol. The fourth-order valence-electron chi connectivity index (χ4n) is 2.07. The maximum Gasteiger partial charge on any atom is 0.269 e. The maximum atomic E-state index is 10.8. The van der Waals surface area contributed by atoms with Gasteiger partial charge in [-0.3, -0.25) is 10.1 Å². The molecule has 0 aliphatic rings. The van der Waals surface area contributed by atoms with Gasteiger partial charge in [0.1, 0.15) is 0 Å². The molecule has 1 aromatic carbocycles. The van der Waals surface area contributed by atoms with Crippen molar-refractivity contribution < 1.29 is 10.0 Å². The molecule has 0 saturated carbocycles. The highest BCUT2D eigenvalue weighted by Gasteiger charge is 2.17. The second-order valence-electron chi connectivity index (χ2n) is 4.65. The molecule has 0 saturated heterocycles. The monoisotopic (exact) mass is 266 g/mol. The molecule has 0 heterocycles. The van der Waals surface area contributed by atoms with Gasteiger partial charge in [0.2, 0.25) is 0 Å². The summed E-state index contributed by atoms with van der Waals surface area (Å²) in [5.41, 5.74) is 1.01. The van der Waals surface area contributed by atoms with Crippen LogP contribution in [0.1, 0.15) is 44.7 Å². The Bertz CT molecular complexity index is 405. The van der Waals surface area contributed by atoms with E-state index in [-0.39, 0.29) is 29.3 Å². The number of hydrogen-bond acceptors (Lipinski definition) is 4. The minimum Gasteiger partial charge on any atom is -0.395 e. The van der Waals surface area contributed by atoms with Gasteiger partial charge in [-0.25, -0.2) is 0 Å². The van der Waals surface area contributed by atoms with E-state index in [0.29, 0.717) is 0 Å². The first-order valence-corrected chi connectivity index (χ1v) is 6.73. The summed E-state index contributed by atoms with van der Waals surface area (Å²) in [6.45, 7) is 4.15. The number of aliphatic hydroxyl groups excluding tert-OH is 1. The molecule has 0 spiro atoms. The number of non-ortho nitro benzene ring substituents is 1. The number of nitrogens with one attached hydrogen (secondary N) is 1. The van der Waals surface area contributed by atoms with E-state index < -0.39 is 0 Å². The summed E-state index contributed by atoms with van der Waals surface area (Å²) in [6, 6.07) is 6.77. The van der Waals surface area contributed by atoms with Crippen LogP contribution in [0.15, 0.2) is 24.3 Å². The number of aliphatic hydroxyl groups is 1. The molecular formula is C14H22N2O3. The Morgan fingerprint density at radius 2 is 2.16 bits per heavy atom. The van der Waals surface area contributed by atoms with E-state index in [1.165, 1.54) is 6.07 Å². The Balaban J connectivity index is 2.91. The van der Waals surface area contributed by atoms with Crippen LogP contribution in [0, 0.1) is 10.1 Å². The van der Waals surface area contributed by atoms with Gasteiger partial charge in [0.05, 0.1) is 11.5 Å². The molecule has 0 aliphatic carbocycles. The Kier molecular flexibility index (Phi) is 6.45. The minimum atomic E-state index is -0.379. The van der Waals surface area contributed by atoms with E-state index in [0.717, 1.165) is 24.8 Å². The van der Waals surface area contributed by atoms with Crippen LogP contribution in [-0.4, -0.2) is 22.7 Å². The SMILES string of the molecule is CCCC(N[C@@H](CC)CO)c1cccc([N+](=O)[O-])c1. The largest absolute Gasteiger partial charge is 0.395 e. The number of benzene rings is 1. The lowest BCUT2D eigenvalue weighted by molar-refractivity contribution is -0.384. The quantitative estimate of drug-likeness (QED) is 0.560. The standard InChI is InChI=1S/C14H22N2O3/c1-3-6-14(15-12(4-2)10-17)11-7-5-8-13(9-11)16(18)19/h5,7-9,12,14-15,17H,3-4,6,10H2,1-2H3/t12-,14?/m0/s1. The van der Waals surface area contributed by atoms with Crippen LogP contribution in [0.5, 0.6) is 0 Å². The molecule has 0 amide bonds. The minimum absolute atomic E-state index is 0.0239. The lowest BCUT2D eigenvalue weighted by Crippen LogP contribution is -2.35. The molecule has 0 aromatic heterocycles. The van der Waals surface area contributed by atoms with Crippen molar-refractivity contribution in [1.29, 1.82) is 0 Å². The summed E-state index contributed by atoms with van der Waals surface area (Å²) in [6.07, 6.45) is 2.69. The summed E-state index contributed by atoms with van der Waals surface area (Å²) in [5.74, 6) is 0. The highest BCUT2D eigenvalue weighted by atomic mass is 16.6. The highest BCUT2D eigenvalue weighted by Crippen LogP contribution is 2.23. The van der Waals surface area contributed by atoms with Gasteiger partial charge in [-0.1, -0.05) is 32.4 Å². The molecule has 106 valence electrons. The van der Waals surface area contributed by atoms with Gasteiger partial charge in [0, 0.05) is 24.2 Å².